The molecule has 21 heavy (non-hydrogen) atoms. The highest BCUT2D eigenvalue weighted by atomic mass is 16.6. The first-order valence-electron chi connectivity index (χ1n) is 7.39. The fourth-order valence-corrected chi connectivity index (χ4v) is 2.39. The second kappa shape index (κ2) is 6.39. The summed E-state index contributed by atoms with van der Waals surface area (Å²) in [6.07, 6.45) is 3.10. The van der Waals surface area contributed by atoms with E-state index in [0.717, 1.165) is 17.9 Å². The molecule has 0 aromatic carbocycles. The van der Waals surface area contributed by atoms with Crippen molar-refractivity contribution < 1.29 is 9.53 Å². The number of rotatable bonds is 3. The van der Waals surface area contributed by atoms with Crippen LogP contribution in [0.15, 0.2) is 12.3 Å². The van der Waals surface area contributed by atoms with Gasteiger partial charge in [0.2, 0.25) is 0 Å². The van der Waals surface area contributed by atoms with Gasteiger partial charge in [0.1, 0.15) is 11.4 Å². The zero-order chi connectivity index (χ0) is 15.5. The fraction of sp³-hybridized carbons (Fsp3) is 0.667. The third-order valence-electron chi connectivity index (χ3n) is 3.35. The molecule has 0 radical (unpaired) electrons. The van der Waals surface area contributed by atoms with Crippen molar-refractivity contribution in [2.24, 2.45) is 5.73 Å². The SMILES string of the molecule is CC(C)(C)OC(=O)N1CCC(c2ccnc(CCN)n2)C1. The summed E-state index contributed by atoms with van der Waals surface area (Å²) in [5.74, 6) is 1.02. The standard InChI is InChI=1S/C15H24N4O2/c1-15(2,3)21-14(20)19-9-6-11(10-19)12-5-8-17-13(18-12)4-7-16/h5,8,11H,4,6-7,9-10,16H2,1-3H3. The van der Waals surface area contributed by atoms with E-state index >= 15 is 0 Å². The summed E-state index contributed by atoms with van der Waals surface area (Å²) in [4.78, 5) is 22.6. The lowest BCUT2D eigenvalue weighted by molar-refractivity contribution is 0.0292. The largest absolute Gasteiger partial charge is 0.444 e. The van der Waals surface area contributed by atoms with Crippen LogP contribution in [-0.4, -0.2) is 46.2 Å². The smallest absolute Gasteiger partial charge is 0.410 e. The van der Waals surface area contributed by atoms with E-state index < -0.39 is 5.60 Å². The minimum absolute atomic E-state index is 0.247. The molecule has 1 fully saturated rings. The number of hydrogen-bond donors (Lipinski definition) is 1. The Bertz CT molecular complexity index is 499. The van der Waals surface area contributed by atoms with Gasteiger partial charge in [-0.15, -0.1) is 0 Å². The van der Waals surface area contributed by atoms with Crippen LogP contribution in [0.1, 0.15) is 44.6 Å². The van der Waals surface area contributed by atoms with Gasteiger partial charge in [-0.25, -0.2) is 14.8 Å². The topological polar surface area (TPSA) is 81.3 Å². The average Bonchev–Trinajstić information content (AvgIpc) is 2.87. The second-order valence-corrected chi connectivity index (χ2v) is 6.35. The molecule has 1 amide bonds. The van der Waals surface area contributed by atoms with E-state index in [1.165, 1.54) is 0 Å². The molecule has 1 aliphatic rings. The van der Waals surface area contributed by atoms with E-state index in [0.29, 0.717) is 26.1 Å². The quantitative estimate of drug-likeness (QED) is 0.917. The first-order chi connectivity index (χ1) is 9.89. The Kier molecular flexibility index (Phi) is 4.77. The van der Waals surface area contributed by atoms with Crippen LogP contribution in [0.4, 0.5) is 4.79 Å². The number of hydrogen-bond acceptors (Lipinski definition) is 5. The minimum atomic E-state index is -0.460. The lowest BCUT2D eigenvalue weighted by atomic mass is 10.0. The van der Waals surface area contributed by atoms with Gasteiger partial charge in [0.15, 0.2) is 0 Å². The van der Waals surface area contributed by atoms with Crippen molar-refractivity contribution in [1.82, 2.24) is 14.9 Å². The Hall–Kier alpha value is -1.69. The van der Waals surface area contributed by atoms with Gasteiger partial charge < -0.3 is 15.4 Å². The number of ether oxygens (including phenoxy) is 1. The van der Waals surface area contributed by atoms with Gasteiger partial charge in [-0.3, -0.25) is 0 Å². The number of aromatic nitrogens is 2. The Morgan fingerprint density at radius 3 is 2.95 bits per heavy atom. The zero-order valence-corrected chi connectivity index (χ0v) is 13.0. The van der Waals surface area contributed by atoms with Gasteiger partial charge in [0.25, 0.3) is 0 Å². The minimum Gasteiger partial charge on any atom is -0.444 e. The molecule has 116 valence electrons. The van der Waals surface area contributed by atoms with Gasteiger partial charge in [0, 0.05) is 37.3 Å². The third kappa shape index (κ3) is 4.39. The van der Waals surface area contributed by atoms with E-state index in [-0.39, 0.29) is 12.0 Å². The second-order valence-electron chi connectivity index (χ2n) is 6.35. The summed E-state index contributed by atoms with van der Waals surface area (Å²) in [6, 6.07) is 1.92. The summed E-state index contributed by atoms with van der Waals surface area (Å²) in [5.41, 5.74) is 6.06. The van der Waals surface area contributed by atoms with Gasteiger partial charge in [-0.05, 0) is 39.8 Å². The van der Waals surface area contributed by atoms with E-state index in [2.05, 4.69) is 9.97 Å². The van der Waals surface area contributed by atoms with Crippen LogP contribution in [0, 0.1) is 0 Å². The third-order valence-corrected chi connectivity index (χ3v) is 3.35. The number of carbonyl (C=O) groups excluding carboxylic acids is 1. The number of likely N-dealkylation sites (tertiary alicyclic amines) is 1. The average molecular weight is 292 g/mol. The maximum atomic E-state index is 12.1. The summed E-state index contributed by atoms with van der Waals surface area (Å²) in [6.45, 7) is 7.52. The van der Waals surface area contributed by atoms with Gasteiger partial charge in [-0.2, -0.15) is 0 Å². The van der Waals surface area contributed by atoms with E-state index in [1.54, 1.807) is 11.1 Å². The van der Waals surface area contributed by atoms with Crippen molar-refractivity contribution in [2.75, 3.05) is 19.6 Å². The van der Waals surface area contributed by atoms with Crippen molar-refractivity contribution in [3.05, 3.63) is 23.8 Å². The van der Waals surface area contributed by atoms with E-state index in [1.807, 2.05) is 26.8 Å². The van der Waals surface area contributed by atoms with Crippen LogP contribution >= 0.6 is 0 Å². The zero-order valence-electron chi connectivity index (χ0n) is 13.0. The van der Waals surface area contributed by atoms with Crippen LogP contribution in [0.3, 0.4) is 0 Å². The monoisotopic (exact) mass is 292 g/mol. The van der Waals surface area contributed by atoms with Crippen LogP contribution in [0.5, 0.6) is 0 Å². The number of nitrogens with zero attached hydrogens (tertiary/aromatic N) is 3. The van der Waals surface area contributed by atoms with Crippen LogP contribution in [0.25, 0.3) is 0 Å². The highest BCUT2D eigenvalue weighted by Crippen LogP contribution is 2.26. The Labute approximate surface area is 125 Å². The van der Waals surface area contributed by atoms with Crippen molar-refractivity contribution in [2.45, 2.75) is 45.1 Å². The first kappa shape index (κ1) is 15.7. The van der Waals surface area contributed by atoms with Crippen molar-refractivity contribution in [3.8, 4) is 0 Å². The van der Waals surface area contributed by atoms with Gasteiger partial charge in [0.05, 0.1) is 0 Å². The summed E-state index contributed by atoms with van der Waals surface area (Å²) >= 11 is 0. The molecule has 1 aromatic rings. The summed E-state index contributed by atoms with van der Waals surface area (Å²) < 4.78 is 5.41. The Morgan fingerprint density at radius 1 is 1.52 bits per heavy atom. The molecule has 0 spiro atoms. The molecule has 0 aliphatic carbocycles. The maximum absolute atomic E-state index is 12.1. The molecule has 6 nitrogen and oxygen atoms in total. The lowest BCUT2D eigenvalue weighted by Gasteiger charge is -2.24. The van der Waals surface area contributed by atoms with E-state index in [9.17, 15) is 4.79 Å². The van der Waals surface area contributed by atoms with Crippen molar-refractivity contribution >= 4 is 6.09 Å². The predicted octanol–water partition coefficient (Wildman–Crippen LogP) is 1.70. The molecular formula is C15H24N4O2. The van der Waals surface area contributed by atoms with E-state index in [4.69, 9.17) is 10.5 Å². The molecule has 1 aromatic heterocycles. The molecule has 1 atom stereocenters. The molecular weight excluding hydrogens is 268 g/mol. The van der Waals surface area contributed by atoms with Crippen LogP contribution < -0.4 is 5.73 Å². The van der Waals surface area contributed by atoms with Crippen LogP contribution in [-0.2, 0) is 11.2 Å². The number of amides is 1. The highest BCUT2D eigenvalue weighted by Gasteiger charge is 2.31. The molecule has 2 heterocycles. The molecule has 6 heteroatoms. The predicted molar refractivity (Wildman–Crippen MR) is 80.0 cm³/mol. The fourth-order valence-electron chi connectivity index (χ4n) is 2.39. The highest BCUT2D eigenvalue weighted by molar-refractivity contribution is 5.68. The van der Waals surface area contributed by atoms with Gasteiger partial charge in [-0.1, -0.05) is 0 Å². The normalized spacial score (nSPS) is 18.9. The molecule has 0 bridgehead atoms. The van der Waals surface area contributed by atoms with Gasteiger partial charge >= 0.3 is 6.09 Å². The Balaban J connectivity index is 1.99. The molecule has 1 saturated heterocycles. The summed E-state index contributed by atoms with van der Waals surface area (Å²) in [7, 11) is 0. The molecule has 2 rings (SSSR count). The molecule has 2 N–H and O–H groups in total. The maximum Gasteiger partial charge on any atom is 0.410 e. The molecule has 1 unspecified atom stereocenters. The molecule has 1 aliphatic heterocycles. The number of carbonyl (C=O) groups is 1. The van der Waals surface area contributed by atoms with Crippen molar-refractivity contribution in [1.29, 1.82) is 0 Å². The molecule has 0 saturated carbocycles. The first-order valence-corrected chi connectivity index (χ1v) is 7.39. The number of nitrogens with two attached hydrogens (primary N) is 1. The summed E-state index contributed by atoms with van der Waals surface area (Å²) in [5, 5.41) is 0. The Morgan fingerprint density at radius 2 is 2.29 bits per heavy atom. The van der Waals surface area contributed by atoms with Crippen LogP contribution in [0.2, 0.25) is 0 Å². The lowest BCUT2D eigenvalue weighted by Crippen LogP contribution is -2.35. The van der Waals surface area contributed by atoms with Crippen molar-refractivity contribution in [3.63, 3.8) is 0 Å².